The number of aryl methyl sites for hydroxylation is 1. The molecule has 0 amide bonds. The van der Waals surface area contributed by atoms with E-state index >= 15 is 0 Å². The third kappa shape index (κ3) is 2.99. The second kappa shape index (κ2) is 5.65. The molecule has 100 valence electrons. The van der Waals surface area contributed by atoms with Crippen LogP contribution in [0.1, 0.15) is 19.0 Å². The molecule has 1 heterocycles. The normalized spacial score (nSPS) is 10.5. The van der Waals surface area contributed by atoms with Gasteiger partial charge in [0.2, 0.25) is 0 Å². The van der Waals surface area contributed by atoms with Crippen LogP contribution in [0.4, 0.5) is 10.2 Å². The lowest BCUT2D eigenvalue weighted by Gasteiger charge is -2.08. The van der Waals surface area contributed by atoms with Crippen molar-refractivity contribution in [3.63, 3.8) is 0 Å². The molecule has 1 aromatic heterocycles. The van der Waals surface area contributed by atoms with Crippen molar-refractivity contribution in [3.8, 4) is 17.1 Å². The Labute approximate surface area is 111 Å². The number of hydrogen-bond donors (Lipinski definition) is 2. The predicted octanol–water partition coefficient (Wildman–Crippen LogP) is 2.98. The first-order valence-electron chi connectivity index (χ1n) is 6.18. The molecule has 5 heteroatoms. The number of rotatable bonds is 4. The number of phenolic OH excluding ortho intramolecular Hbond substituents is 1. The monoisotopic (exact) mass is 261 g/mol. The van der Waals surface area contributed by atoms with Gasteiger partial charge in [-0.3, -0.25) is 0 Å². The smallest absolute Gasteiger partial charge is 0.165 e. The fraction of sp³-hybridized carbons (Fsp3) is 0.286. The molecule has 1 aromatic carbocycles. The first-order valence-corrected chi connectivity index (χ1v) is 6.18. The summed E-state index contributed by atoms with van der Waals surface area (Å²) in [7, 11) is 1.78. The molecule has 0 fully saturated rings. The summed E-state index contributed by atoms with van der Waals surface area (Å²) in [6.07, 6.45) is 1.81. The number of anilines is 1. The quantitative estimate of drug-likeness (QED) is 0.888. The fourth-order valence-corrected chi connectivity index (χ4v) is 1.78. The Bertz CT molecular complexity index is 587. The van der Waals surface area contributed by atoms with E-state index in [0.29, 0.717) is 17.2 Å². The SMILES string of the molecule is CCCc1cc(NC)nc(-c2ccc(O)c(F)c2)n1. The molecule has 2 N–H and O–H groups in total. The Morgan fingerprint density at radius 2 is 2.05 bits per heavy atom. The number of aromatic hydroxyl groups is 1. The number of benzene rings is 1. The summed E-state index contributed by atoms with van der Waals surface area (Å²) in [5.41, 5.74) is 1.45. The van der Waals surface area contributed by atoms with Crippen LogP contribution in [0.15, 0.2) is 24.3 Å². The van der Waals surface area contributed by atoms with Crippen molar-refractivity contribution in [2.45, 2.75) is 19.8 Å². The van der Waals surface area contributed by atoms with Gasteiger partial charge in [0.05, 0.1) is 0 Å². The predicted molar refractivity (Wildman–Crippen MR) is 72.6 cm³/mol. The van der Waals surface area contributed by atoms with Crippen LogP contribution in [0, 0.1) is 5.82 Å². The van der Waals surface area contributed by atoms with E-state index < -0.39 is 5.82 Å². The summed E-state index contributed by atoms with van der Waals surface area (Å²) in [5.74, 6) is 0.103. The summed E-state index contributed by atoms with van der Waals surface area (Å²) < 4.78 is 13.4. The lowest BCUT2D eigenvalue weighted by Crippen LogP contribution is -2.01. The van der Waals surface area contributed by atoms with Crippen molar-refractivity contribution < 1.29 is 9.50 Å². The lowest BCUT2D eigenvalue weighted by atomic mass is 10.1. The Morgan fingerprint density at radius 3 is 2.68 bits per heavy atom. The summed E-state index contributed by atoms with van der Waals surface area (Å²) in [5, 5.41) is 12.2. The van der Waals surface area contributed by atoms with Gasteiger partial charge in [-0.05, 0) is 24.6 Å². The van der Waals surface area contributed by atoms with Gasteiger partial charge in [-0.25, -0.2) is 14.4 Å². The number of aromatic nitrogens is 2. The Balaban J connectivity index is 2.47. The molecule has 0 saturated heterocycles. The summed E-state index contributed by atoms with van der Waals surface area (Å²) >= 11 is 0. The van der Waals surface area contributed by atoms with E-state index in [1.165, 1.54) is 12.1 Å². The summed E-state index contributed by atoms with van der Waals surface area (Å²) in [4.78, 5) is 8.72. The number of halogens is 1. The highest BCUT2D eigenvalue weighted by atomic mass is 19.1. The van der Waals surface area contributed by atoms with Crippen molar-refractivity contribution in [2.24, 2.45) is 0 Å². The molecule has 0 unspecified atom stereocenters. The van der Waals surface area contributed by atoms with Gasteiger partial charge in [0.15, 0.2) is 17.4 Å². The van der Waals surface area contributed by atoms with Crippen molar-refractivity contribution in [1.29, 1.82) is 0 Å². The van der Waals surface area contributed by atoms with Crippen LogP contribution in [-0.2, 0) is 6.42 Å². The fourth-order valence-electron chi connectivity index (χ4n) is 1.78. The van der Waals surface area contributed by atoms with Gasteiger partial charge in [-0.2, -0.15) is 0 Å². The molecule has 0 radical (unpaired) electrons. The molecule has 0 aliphatic heterocycles. The van der Waals surface area contributed by atoms with E-state index in [-0.39, 0.29) is 5.75 Å². The molecule has 0 aliphatic carbocycles. The van der Waals surface area contributed by atoms with Crippen LogP contribution in [0.25, 0.3) is 11.4 Å². The van der Waals surface area contributed by atoms with Gasteiger partial charge in [0.1, 0.15) is 5.82 Å². The van der Waals surface area contributed by atoms with Crippen molar-refractivity contribution in [1.82, 2.24) is 9.97 Å². The van der Waals surface area contributed by atoms with E-state index in [4.69, 9.17) is 0 Å². The highest BCUT2D eigenvalue weighted by molar-refractivity contribution is 5.59. The van der Waals surface area contributed by atoms with Gasteiger partial charge >= 0.3 is 0 Å². The highest BCUT2D eigenvalue weighted by Crippen LogP contribution is 2.23. The van der Waals surface area contributed by atoms with E-state index in [2.05, 4.69) is 22.2 Å². The van der Waals surface area contributed by atoms with Gasteiger partial charge in [0, 0.05) is 24.4 Å². The highest BCUT2D eigenvalue weighted by Gasteiger charge is 2.09. The molecule has 0 atom stereocenters. The van der Waals surface area contributed by atoms with Crippen LogP contribution >= 0.6 is 0 Å². The molecule has 2 aromatic rings. The van der Waals surface area contributed by atoms with Gasteiger partial charge in [-0.1, -0.05) is 13.3 Å². The lowest BCUT2D eigenvalue weighted by molar-refractivity contribution is 0.432. The van der Waals surface area contributed by atoms with Crippen molar-refractivity contribution >= 4 is 5.82 Å². The van der Waals surface area contributed by atoms with E-state index in [1.807, 2.05) is 6.07 Å². The van der Waals surface area contributed by atoms with E-state index in [9.17, 15) is 9.50 Å². The molecule has 0 aliphatic rings. The molecule has 0 bridgehead atoms. The standard InChI is InChI=1S/C14H16FN3O/c1-3-4-10-8-13(16-2)18-14(17-10)9-5-6-12(19)11(15)7-9/h5-8,19H,3-4H2,1-2H3,(H,16,17,18). The number of nitrogens with one attached hydrogen (secondary N) is 1. The number of nitrogens with zero attached hydrogens (tertiary/aromatic N) is 2. The minimum absolute atomic E-state index is 0.373. The maximum Gasteiger partial charge on any atom is 0.165 e. The molecular formula is C14H16FN3O. The maximum absolute atomic E-state index is 13.4. The molecule has 19 heavy (non-hydrogen) atoms. The van der Waals surface area contributed by atoms with Crippen LogP contribution in [-0.4, -0.2) is 22.1 Å². The average Bonchev–Trinajstić information content (AvgIpc) is 2.42. The summed E-state index contributed by atoms with van der Waals surface area (Å²) in [6.45, 7) is 2.07. The topological polar surface area (TPSA) is 58.0 Å². The van der Waals surface area contributed by atoms with E-state index in [0.717, 1.165) is 18.5 Å². The van der Waals surface area contributed by atoms with Crippen molar-refractivity contribution in [2.75, 3.05) is 12.4 Å². The minimum atomic E-state index is -0.673. The van der Waals surface area contributed by atoms with Gasteiger partial charge < -0.3 is 10.4 Å². The second-order valence-corrected chi connectivity index (χ2v) is 4.23. The molecule has 0 saturated carbocycles. The van der Waals surface area contributed by atoms with Crippen LogP contribution in [0.3, 0.4) is 0 Å². The summed E-state index contributed by atoms with van der Waals surface area (Å²) in [6, 6.07) is 6.02. The molecule has 2 rings (SSSR count). The second-order valence-electron chi connectivity index (χ2n) is 4.23. The third-order valence-corrected chi connectivity index (χ3v) is 2.75. The Hall–Kier alpha value is -2.17. The van der Waals surface area contributed by atoms with E-state index in [1.54, 1.807) is 13.1 Å². The molecular weight excluding hydrogens is 245 g/mol. The van der Waals surface area contributed by atoms with Crippen molar-refractivity contribution in [3.05, 3.63) is 35.8 Å². The van der Waals surface area contributed by atoms with Gasteiger partial charge in [-0.15, -0.1) is 0 Å². The minimum Gasteiger partial charge on any atom is -0.505 e. The third-order valence-electron chi connectivity index (χ3n) is 2.75. The van der Waals surface area contributed by atoms with Gasteiger partial charge in [0.25, 0.3) is 0 Å². The Morgan fingerprint density at radius 1 is 1.26 bits per heavy atom. The molecule has 4 nitrogen and oxygen atoms in total. The average molecular weight is 261 g/mol. The van der Waals surface area contributed by atoms with Crippen LogP contribution in [0.2, 0.25) is 0 Å². The Kier molecular flexibility index (Phi) is 3.94. The first kappa shape index (κ1) is 13.3. The zero-order chi connectivity index (χ0) is 13.8. The first-order chi connectivity index (χ1) is 9.13. The number of hydrogen-bond acceptors (Lipinski definition) is 4. The number of phenols is 1. The van der Waals surface area contributed by atoms with Crippen LogP contribution in [0.5, 0.6) is 5.75 Å². The largest absolute Gasteiger partial charge is 0.505 e. The zero-order valence-corrected chi connectivity index (χ0v) is 10.9. The van der Waals surface area contributed by atoms with Crippen LogP contribution < -0.4 is 5.32 Å². The maximum atomic E-state index is 13.4. The molecule has 0 spiro atoms. The zero-order valence-electron chi connectivity index (χ0n) is 10.9.